The zero-order chi connectivity index (χ0) is 21.1. The summed E-state index contributed by atoms with van der Waals surface area (Å²) in [5.74, 6) is 0.353. The van der Waals surface area contributed by atoms with E-state index in [0.717, 1.165) is 31.2 Å². The van der Waals surface area contributed by atoms with E-state index in [4.69, 9.17) is 4.42 Å². The third-order valence-electron chi connectivity index (χ3n) is 6.51. The highest BCUT2D eigenvalue weighted by Crippen LogP contribution is 2.34. The molecule has 1 aromatic heterocycles. The smallest absolute Gasteiger partial charge is 0.225 e. The molecule has 4 rings (SSSR count). The first-order valence-corrected chi connectivity index (χ1v) is 10.9. The van der Waals surface area contributed by atoms with E-state index in [0.29, 0.717) is 37.4 Å². The van der Waals surface area contributed by atoms with Gasteiger partial charge < -0.3 is 14.6 Å². The maximum absolute atomic E-state index is 13.8. The molecular weight excluding hydrogens is 383 g/mol. The molecule has 2 amide bonds. The molecule has 0 bridgehead atoms. The van der Waals surface area contributed by atoms with E-state index in [-0.39, 0.29) is 35.4 Å². The van der Waals surface area contributed by atoms with Gasteiger partial charge in [-0.1, -0.05) is 25.0 Å². The number of likely N-dealkylation sites (tertiary alicyclic amines) is 1. The number of hydrogen-bond acceptors (Lipinski definition) is 3. The standard InChI is InChI=1S/C24H29FN2O3/c1-16-11-18(8-9-22(16)25)19-12-20(23(28)26-13-21-7-4-10-30-21)15-27(14-19)24(29)17-5-2-3-6-17/h4,7-11,17,19-20H,2-3,5-6,12-15H2,1H3,(H,26,28)/t19-,20+/m1/s1. The van der Waals surface area contributed by atoms with E-state index < -0.39 is 0 Å². The monoisotopic (exact) mass is 412 g/mol. The van der Waals surface area contributed by atoms with Crippen LogP contribution >= 0.6 is 0 Å². The van der Waals surface area contributed by atoms with Gasteiger partial charge in [-0.25, -0.2) is 4.39 Å². The van der Waals surface area contributed by atoms with E-state index in [1.54, 1.807) is 25.3 Å². The van der Waals surface area contributed by atoms with Gasteiger partial charge in [0.15, 0.2) is 0 Å². The minimum Gasteiger partial charge on any atom is -0.467 e. The van der Waals surface area contributed by atoms with Crippen LogP contribution in [0.5, 0.6) is 0 Å². The molecule has 1 aliphatic carbocycles. The highest BCUT2D eigenvalue weighted by molar-refractivity contribution is 5.82. The lowest BCUT2D eigenvalue weighted by atomic mass is 9.83. The molecule has 0 spiro atoms. The Morgan fingerprint density at radius 2 is 1.97 bits per heavy atom. The van der Waals surface area contributed by atoms with Gasteiger partial charge in [0.2, 0.25) is 11.8 Å². The zero-order valence-electron chi connectivity index (χ0n) is 17.4. The maximum Gasteiger partial charge on any atom is 0.225 e. The largest absolute Gasteiger partial charge is 0.467 e. The Labute approximate surface area is 176 Å². The molecule has 1 saturated carbocycles. The van der Waals surface area contributed by atoms with Crippen molar-refractivity contribution in [3.63, 3.8) is 0 Å². The van der Waals surface area contributed by atoms with Gasteiger partial charge in [-0.15, -0.1) is 0 Å². The first-order chi connectivity index (χ1) is 14.5. The topological polar surface area (TPSA) is 62.6 Å². The van der Waals surface area contributed by atoms with Crippen LogP contribution in [0.3, 0.4) is 0 Å². The summed E-state index contributed by atoms with van der Waals surface area (Å²) in [6.45, 7) is 3.11. The number of rotatable bonds is 5. The predicted molar refractivity (Wildman–Crippen MR) is 111 cm³/mol. The second kappa shape index (κ2) is 9.02. The fraction of sp³-hybridized carbons (Fsp3) is 0.500. The fourth-order valence-corrected chi connectivity index (χ4v) is 4.80. The molecule has 2 heterocycles. The predicted octanol–water partition coefficient (Wildman–Crippen LogP) is 4.17. The molecule has 1 aliphatic heterocycles. The quantitative estimate of drug-likeness (QED) is 0.802. The number of halogens is 1. The second-order valence-corrected chi connectivity index (χ2v) is 8.66. The van der Waals surface area contributed by atoms with Crippen molar-refractivity contribution in [2.45, 2.75) is 51.5 Å². The number of hydrogen-bond donors (Lipinski definition) is 1. The average Bonchev–Trinajstić information content (AvgIpc) is 3.47. The molecule has 6 heteroatoms. The third kappa shape index (κ3) is 4.58. The number of nitrogens with one attached hydrogen (secondary N) is 1. The van der Waals surface area contributed by atoms with Crippen LogP contribution in [-0.4, -0.2) is 29.8 Å². The Hall–Kier alpha value is -2.63. The number of carbonyl (C=O) groups is 2. The highest BCUT2D eigenvalue weighted by Gasteiger charge is 2.37. The Morgan fingerprint density at radius 1 is 1.17 bits per heavy atom. The van der Waals surface area contributed by atoms with Crippen molar-refractivity contribution >= 4 is 11.8 Å². The average molecular weight is 413 g/mol. The minimum atomic E-state index is -0.297. The molecular formula is C24H29FN2O3. The molecule has 2 aliphatic rings. The summed E-state index contributed by atoms with van der Waals surface area (Å²) < 4.78 is 19.1. The summed E-state index contributed by atoms with van der Waals surface area (Å²) in [5.41, 5.74) is 1.58. The van der Waals surface area contributed by atoms with Crippen LogP contribution in [0.4, 0.5) is 4.39 Å². The molecule has 2 aromatic rings. The summed E-state index contributed by atoms with van der Waals surface area (Å²) in [6.07, 6.45) is 6.28. The van der Waals surface area contributed by atoms with Crippen LogP contribution in [0.2, 0.25) is 0 Å². The Bertz CT molecular complexity index is 890. The molecule has 0 radical (unpaired) electrons. The normalized spacial score (nSPS) is 22.3. The van der Waals surface area contributed by atoms with Gasteiger partial charge >= 0.3 is 0 Å². The van der Waals surface area contributed by atoms with E-state index >= 15 is 0 Å². The molecule has 1 saturated heterocycles. The number of benzene rings is 1. The van der Waals surface area contributed by atoms with Gasteiger partial charge in [-0.2, -0.15) is 0 Å². The SMILES string of the molecule is Cc1cc([C@@H]2C[C@H](C(=O)NCc3ccco3)CN(C(=O)C3CCCC3)C2)ccc1F. The maximum atomic E-state index is 13.8. The lowest BCUT2D eigenvalue weighted by molar-refractivity contribution is -0.139. The summed E-state index contributed by atoms with van der Waals surface area (Å²) in [6, 6.07) is 8.72. The summed E-state index contributed by atoms with van der Waals surface area (Å²) in [5, 5.41) is 2.95. The van der Waals surface area contributed by atoms with E-state index in [2.05, 4.69) is 5.32 Å². The van der Waals surface area contributed by atoms with Gasteiger partial charge in [0.25, 0.3) is 0 Å². The van der Waals surface area contributed by atoms with Gasteiger partial charge in [0.1, 0.15) is 11.6 Å². The number of aryl methyl sites for hydroxylation is 1. The number of nitrogens with zero attached hydrogens (tertiary/aromatic N) is 1. The van der Waals surface area contributed by atoms with Crippen molar-refractivity contribution in [3.05, 3.63) is 59.3 Å². The van der Waals surface area contributed by atoms with E-state index in [1.165, 1.54) is 6.07 Å². The first-order valence-electron chi connectivity index (χ1n) is 10.9. The molecule has 2 atom stereocenters. The van der Waals surface area contributed by atoms with Crippen LogP contribution in [-0.2, 0) is 16.1 Å². The van der Waals surface area contributed by atoms with Crippen molar-refractivity contribution in [2.24, 2.45) is 11.8 Å². The molecule has 5 nitrogen and oxygen atoms in total. The van der Waals surface area contributed by atoms with Gasteiger partial charge in [-0.3, -0.25) is 9.59 Å². The van der Waals surface area contributed by atoms with Gasteiger partial charge in [0.05, 0.1) is 18.7 Å². The van der Waals surface area contributed by atoms with Crippen molar-refractivity contribution in [3.8, 4) is 0 Å². The summed E-state index contributed by atoms with van der Waals surface area (Å²) >= 11 is 0. The third-order valence-corrected chi connectivity index (χ3v) is 6.51. The highest BCUT2D eigenvalue weighted by atomic mass is 19.1. The number of furan rings is 1. The summed E-state index contributed by atoms with van der Waals surface area (Å²) in [7, 11) is 0. The Morgan fingerprint density at radius 3 is 2.67 bits per heavy atom. The lowest BCUT2D eigenvalue weighted by Crippen LogP contribution is -2.49. The molecule has 0 unspecified atom stereocenters. The number of piperidine rings is 1. The van der Waals surface area contributed by atoms with Crippen LogP contribution < -0.4 is 5.32 Å². The van der Waals surface area contributed by atoms with Crippen LogP contribution in [0, 0.1) is 24.6 Å². The van der Waals surface area contributed by atoms with Crippen molar-refractivity contribution < 1.29 is 18.4 Å². The molecule has 1 aromatic carbocycles. The molecule has 30 heavy (non-hydrogen) atoms. The molecule has 2 fully saturated rings. The number of amides is 2. The van der Waals surface area contributed by atoms with Crippen molar-refractivity contribution in [1.29, 1.82) is 0 Å². The van der Waals surface area contributed by atoms with E-state index in [1.807, 2.05) is 17.0 Å². The molecule has 160 valence electrons. The van der Waals surface area contributed by atoms with Crippen molar-refractivity contribution in [2.75, 3.05) is 13.1 Å². The van der Waals surface area contributed by atoms with E-state index in [9.17, 15) is 14.0 Å². The zero-order valence-corrected chi connectivity index (χ0v) is 17.4. The Balaban J connectivity index is 1.51. The van der Waals surface area contributed by atoms with Crippen LogP contribution in [0.15, 0.2) is 41.0 Å². The van der Waals surface area contributed by atoms with Crippen LogP contribution in [0.1, 0.15) is 54.9 Å². The number of carbonyl (C=O) groups excluding carboxylic acids is 2. The molecule has 1 N–H and O–H groups in total. The van der Waals surface area contributed by atoms with Crippen molar-refractivity contribution in [1.82, 2.24) is 10.2 Å². The minimum absolute atomic E-state index is 0.0164. The Kier molecular flexibility index (Phi) is 6.21. The van der Waals surface area contributed by atoms with Gasteiger partial charge in [0, 0.05) is 24.9 Å². The lowest BCUT2D eigenvalue weighted by Gasteiger charge is -2.38. The first kappa shape index (κ1) is 20.6. The van der Waals surface area contributed by atoms with Crippen LogP contribution in [0.25, 0.3) is 0 Å². The second-order valence-electron chi connectivity index (χ2n) is 8.66. The summed E-state index contributed by atoms with van der Waals surface area (Å²) in [4.78, 5) is 27.9. The fourth-order valence-electron chi connectivity index (χ4n) is 4.80. The van der Waals surface area contributed by atoms with Gasteiger partial charge in [-0.05, 0) is 55.5 Å².